The van der Waals surface area contributed by atoms with Crippen molar-refractivity contribution >= 4 is 16.9 Å². The number of aromatic nitrogens is 2. The van der Waals surface area contributed by atoms with Gasteiger partial charge in [0.2, 0.25) is 5.91 Å². The molecule has 0 spiro atoms. The summed E-state index contributed by atoms with van der Waals surface area (Å²) in [5.41, 5.74) is 1.37. The van der Waals surface area contributed by atoms with E-state index in [0.717, 1.165) is 11.0 Å². The Morgan fingerprint density at radius 2 is 2.06 bits per heavy atom. The third kappa shape index (κ3) is 1.39. The number of fused-ring (bicyclic) bond motifs is 1. The summed E-state index contributed by atoms with van der Waals surface area (Å²) in [5, 5.41) is 0. The zero-order valence-electron chi connectivity index (χ0n) is 9.51. The molecule has 0 bridgehead atoms. The molecule has 1 aliphatic rings. The molecule has 0 radical (unpaired) electrons. The highest BCUT2D eigenvalue weighted by Gasteiger charge is 2.32. The molecule has 1 aromatic carbocycles. The van der Waals surface area contributed by atoms with Crippen LogP contribution in [-0.2, 0) is 4.79 Å². The zero-order valence-corrected chi connectivity index (χ0v) is 9.51. The number of amides is 1. The van der Waals surface area contributed by atoms with Crippen molar-refractivity contribution in [2.75, 3.05) is 13.6 Å². The number of para-hydroxylation sites is 2. The van der Waals surface area contributed by atoms with Gasteiger partial charge in [0, 0.05) is 13.6 Å². The van der Waals surface area contributed by atoms with Crippen LogP contribution in [0.4, 0.5) is 0 Å². The second-order valence-electron chi connectivity index (χ2n) is 4.38. The van der Waals surface area contributed by atoms with Gasteiger partial charge >= 0.3 is 5.69 Å². The van der Waals surface area contributed by atoms with Crippen molar-refractivity contribution in [3.8, 4) is 0 Å². The normalized spacial score (nSPS) is 20.4. The molecular formula is C12H13N3O2. The van der Waals surface area contributed by atoms with Crippen LogP contribution in [-0.4, -0.2) is 34.0 Å². The molecule has 17 heavy (non-hydrogen) atoms. The van der Waals surface area contributed by atoms with Gasteiger partial charge in [0.15, 0.2) is 0 Å². The molecule has 0 aliphatic carbocycles. The Hall–Kier alpha value is -2.04. The van der Waals surface area contributed by atoms with Gasteiger partial charge in [-0.3, -0.25) is 9.36 Å². The number of rotatable bonds is 1. The fourth-order valence-electron chi connectivity index (χ4n) is 2.43. The first-order valence-corrected chi connectivity index (χ1v) is 5.62. The van der Waals surface area contributed by atoms with Crippen LogP contribution in [0.5, 0.6) is 0 Å². The van der Waals surface area contributed by atoms with E-state index in [1.165, 1.54) is 0 Å². The van der Waals surface area contributed by atoms with Crippen LogP contribution in [0.3, 0.4) is 0 Å². The quantitative estimate of drug-likeness (QED) is 0.786. The minimum absolute atomic E-state index is 0.0110. The first kappa shape index (κ1) is 10.1. The standard InChI is InChI=1S/C12H13N3O2/c1-14-7-6-10(11(14)16)15-9-5-3-2-4-8(9)13-12(15)17/h2-5,10H,6-7H2,1H3,(H,13,17). The van der Waals surface area contributed by atoms with Crippen LogP contribution in [0, 0.1) is 0 Å². The Balaban J connectivity index is 2.21. The molecule has 3 rings (SSSR count). The summed E-state index contributed by atoms with van der Waals surface area (Å²) < 4.78 is 1.57. The Morgan fingerprint density at radius 1 is 1.29 bits per heavy atom. The number of carbonyl (C=O) groups is 1. The van der Waals surface area contributed by atoms with Crippen molar-refractivity contribution in [1.29, 1.82) is 0 Å². The number of likely N-dealkylation sites (N-methyl/N-ethyl adjacent to an activating group) is 1. The van der Waals surface area contributed by atoms with Gasteiger partial charge in [-0.05, 0) is 18.6 Å². The molecule has 2 heterocycles. The highest BCUT2D eigenvalue weighted by atomic mass is 16.2. The number of aromatic amines is 1. The van der Waals surface area contributed by atoms with Gasteiger partial charge in [0.05, 0.1) is 11.0 Å². The average molecular weight is 231 g/mol. The maximum absolute atomic E-state index is 12.0. The van der Waals surface area contributed by atoms with Crippen molar-refractivity contribution in [2.24, 2.45) is 0 Å². The lowest BCUT2D eigenvalue weighted by Gasteiger charge is -2.11. The number of carbonyl (C=O) groups excluding carboxylic acids is 1. The van der Waals surface area contributed by atoms with Crippen molar-refractivity contribution in [1.82, 2.24) is 14.5 Å². The third-order valence-electron chi connectivity index (χ3n) is 3.33. The maximum Gasteiger partial charge on any atom is 0.327 e. The molecule has 1 fully saturated rings. The summed E-state index contributed by atoms with van der Waals surface area (Å²) in [7, 11) is 1.77. The lowest BCUT2D eigenvalue weighted by atomic mass is 10.2. The number of nitrogens with one attached hydrogen (secondary N) is 1. The molecule has 5 heteroatoms. The first-order valence-electron chi connectivity index (χ1n) is 5.62. The fraction of sp³-hybridized carbons (Fsp3) is 0.333. The monoisotopic (exact) mass is 231 g/mol. The van der Waals surface area contributed by atoms with E-state index in [0.29, 0.717) is 13.0 Å². The van der Waals surface area contributed by atoms with Gasteiger partial charge in [-0.2, -0.15) is 0 Å². The van der Waals surface area contributed by atoms with Gasteiger partial charge < -0.3 is 9.88 Å². The lowest BCUT2D eigenvalue weighted by Crippen LogP contribution is -2.29. The minimum Gasteiger partial charge on any atom is -0.344 e. The number of benzene rings is 1. The van der Waals surface area contributed by atoms with E-state index in [1.54, 1.807) is 16.5 Å². The summed E-state index contributed by atoms with van der Waals surface area (Å²) in [6.45, 7) is 0.704. The van der Waals surface area contributed by atoms with Crippen molar-refractivity contribution in [3.05, 3.63) is 34.7 Å². The minimum atomic E-state index is -0.358. The predicted octanol–water partition coefficient (Wildman–Crippen LogP) is 0.733. The van der Waals surface area contributed by atoms with Gasteiger partial charge in [0.25, 0.3) is 0 Å². The van der Waals surface area contributed by atoms with Crippen molar-refractivity contribution < 1.29 is 4.79 Å². The Kier molecular flexibility index (Phi) is 2.07. The van der Waals surface area contributed by atoms with Crippen LogP contribution in [0.2, 0.25) is 0 Å². The highest BCUT2D eigenvalue weighted by Crippen LogP contribution is 2.24. The number of H-pyrrole nitrogens is 1. The van der Waals surface area contributed by atoms with Crippen LogP contribution >= 0.6 is 0 Å². The van der Waals surface area contributed by atoms with E-state index in [-0.39, 0.29) is 17.6 Å². The van der Waals surface area contributed by atoms with E-state index < -0.39 is 0 Å². The van der Waals surface area contributed by atoms with Crippen LogP contribution in [0.15, 0.2) is 29.1 Å². The molecule has 2 aromatic rings. The molecule has 1 unspecified atom stereocenters. The van der Waals surface area contributed by atoms with Crippen LogP contribution < -0.4 is 5.69 Å². The van der Waals surface area contributed by atoms with Gasteiger partial charge in [-0.1, -0.05) is 12.1 Å². The first-order chi connectivity index (χ1) is 8.18. The number of hydrogen-bond donors (Lipinski definition) is 1. The molecule has 0 saturated carbocycles. The second kappa shape index (κ2) is 3.48. The average Bonchev–Trinajstić information content (AvgIpc) is 2.80. The Labute approximate surface area is 97.7 Å². The summed E-state index contributed by atoms with van der Waals surface area (Å²) in [6.07, 6.45) is 0.692. The van der Waals surface area contributed by atoms with E-state index >= 15 is 0 Å². The molecule has 1 aliphatic heterocycles. The smallest absolute Gasteiger partial charge is 0.327 e. The van der Waals surface area contributed by atoms with E-state index in [1.807, 2.05) is 24.3 Å². The predicted molar refractivity (Wildman–Crippen MR) is 63.8 cm³/mol. The summed E-state index contributed by atoms with van der Waals surface area (Å²) in [5.74, 6) is 0.0110. The summed E-state index contributed by atoms with van der Waals surface area (Å²) in [6, 6.07) is 7.08. The molecule has 1 amide bonds. The third-order valence-corrected chi connectivity index (χ3v) is 3.33. The highest BCUT2D eigenvalue weighted by molar-refractivity contribution is 5.85. The number of hydrogen-bond acceptors (Lipinski definition) is 2. The zero-order chi connectivity index (χ0) is 12.0. The SMILES string of the molecule is CN1CCC(n2c(=O)[nH]c3ccccc32)C1=O. The molecule has 1 atom stereocenters. The number of likely N-dealkylation sites (tertiary alicyclic amines) is 1. The maximum atomic E-state index is 12.0. The van der Waals surface area contributed by atoms with Crippen molar-refractivity contribution in [2.45, 2.75) is 12.5 Å². The molecule has 5 nitrogen and oxygen atoms in total. The summed E-state index contributed by atoms with van der Waals surface area (Å²) >= 11 is 0. The van der Waals surface area contributed by atoms with Gasteiger partial charge in [-0.15, -0.1) is 0 Å². The van der Waals surface area contributed by atoms with E-state index in [9.17, 15) is 9.59 Å². The summed E-state index contributed by atoms with van der Waals surface area (Å²) in [4.78, 5) is 28.3. The second-order valence-corrected chi connectivity index (χ2v) is 4.38. The Bertz CT molecular complexity index is 640. The molecular weight excluding hydrogens is 218 g/mol. The molecule has 88 valence electrons. The molecule has 1 N–H and O–H groups in total. The topological polar surface area (TPSA) is 58.1 Å². The fourth-order valence-corrected chi connectivity index (χ4v) is 2.43. The van der Waals surface area contributed by atoms with Gasteiger partial charge in [0.1, 0.15) is 6.04 Å². The lowest BCUT2D eigenvalue weighted by molar-refractivity contribution is -0.129. The largest absolute Gasteiger partial charge is 0.344 e. The van der Waals surface area contributed by atoms with Crippen molar-refractivity contribution in [3.63, 3.8) is 0 Å². The van der Waals surface area contributed by atoms with E-state index in [2.05, 4.69) is 4.98 Å². The Morgan fingerprint density at radius 3 is 2.76 bits per heavy atom. The molecule has 1 saturated heterocycles. The van der Waals surface area contributed by atoms with Gasteiger partial charge in [-0.25, -0.2) is 4.79 Å². The van der Waals surface area contributed by atoms with E-state index in [4.69, 9.17) is 0 Å². The van der Waals surface area contributed by atoms with Crippen LogP contribution in [0.1, 0.15) is 12.5 Å². The molecule has 1 aromatic heterocycles. The number of nitrogens with zero attached hydrogens (tertiary/aromatic N) is 2. The van der Waals surface area contributed by atoms with Crippen LogP contribution in [0.25, 0.3) is 11.0 Å². The number of imidazole rings is 1.